The summed E-state index contributed by atoms with van der Waals surface area (Å²) in [6.07, 6.45) is 3.69. The van der Waals surface area contributed by atoms with Gasteiger partial charge in [0.2, 0.25) is 5.91 Å². The summed E-state index contributed by atoms with van der Waals surface area (Å²) in [4.78, 5) is 20.6. The lowest BCUT2D eigenvalue weighted by Crippen LogP contribution is -2.49. The first-order chi connectivity index (χ1) is 11.8. The topological polar surface area (TPSA) is 45.7 Å². The number of aromatic nitrogens is 1. The van der Waals surface area contributed by atoms with E-state index in [-0.39, 0.29) is 12.5 Å². The van der Waals surface area contributed by atoms with Gasteiger partial charge >= 0.3 is 0 Å². The predicted octanol–water partition coefficient (Wildman–Crippen LogP) is 1.94. The van der Waals surface area contributed by atoms with Crippen molar-refractivity contribution < 1.29 is 9.53 Å². The van der Waals surface area contributed by atoms with Crippen LogP contribution in [0.5, 0.6) is 0 Å². The molecule has 2 aromatic rings. The zero-order valence-corrected chi connectivity index (χ0v) is 13.8. The van der Waals surface area contributed by atoms with E-state index in [9.17, 15) is 4.79 Å². The zero-order valence-electron chi connectivity index (χ0n) is 13.8. The molecule has 0 N–H and O–H groups in total. The highest BCUT2D eigenvalue weighted by molar-refractivity contribution is 5.77. The van der Waals surface area contributed by atoms with E-state index in [1.54, 1.807) is 6.20 Å². The molecule has 0 aliphatic carbocycles. The van der Waals surface area contributed by atoms with Crippen LogP contribution in [0.25, 0.3) is 0 Å². The van der Waals surface area contributed by atoms with E-state index in [2.05, 4.69) is 16.0 Å². The summed E-state index contributed by atoms with van der Waals surface area (Å²) >= 11 is 0. The first-order valence-corrected chi connectivity index (χ1v) is 8.32. The molecule has 0 radical (unpaired) electrons. The Balaban J connectivity index is 1.37. The fourth-order valence-corrected chi connectivity index (χ4v) is 2.83. The van der Waals surface area contributed by atoms with Crippen molar-refractivity contribution in [3.8, 4) is 0 Å². The Hall–Kier alpha value is -2.24. The van der Waals surface area contributed by atoms with Gasteiger partial charge in [0.1, 0.15) is 6.61 Å². The predicted molar refractivity (Wildman–Crippen MR) is 92.2 cm³/mol. The molecule has 0 unspecified atom stereocenters. The lowest BCUT2D eigenvalue weighted by Gasteiger charge is -2.34. The Morgan fingerprint density at radius 2 is 1.75 bits per heavy atom. The quantitative estimate of drug-likeness (QED) is 0.814. The lowest BCUT2D eigenvalue weighted by molar-refractivity contribution is -0.138. The number of nitrogens with zero attached hydrogens (tertiary/aromatic N) is 3. The van der Waals surface area contributed by atoms with Crippen molar-refractivity contribution in [1.82, 2.24) is 14.8 Å². The molecule has 1 aliphatic rings. The largest absolute Gasteiger partial charge is 0.367 e. The highest BCUT2D eigenvalue weighted by atomic mass is 16.5. The second-order valence-corrected chi connectivity index (χ2v) is 6.00. The van der Waals surface area contributed by atoms with Crippen LogP contribution in [-0.2, 0) is 22.7 Å². The maximum Gasteiger partial charge on any atom is 0.248 e. The third kappa shape index (κ3) is 4.88. The molecule has 1 aliphatic heterocycles. The molecule has 24 heavy (non-hydrogen) atoms. The number of amides is 1. The minimum Gasteiger partial charge on any atom is -0.367 e. The molecule has 2 heterocycles. The molecule has 1 amide bonds. The molecule has 1 aromatic heterocycles. The molecule has 0 atom stereocenters. The Labute approximate surface area is 142 Å². The van der Waals surface area contributed by atoms with E-state index in [1.165, 1.54) is 5.56 Å². The minimum atomic E-state index is 0.0759. The van der Waals surface area contributed by atoms with Gasteiger partial charge in [-0.25, -0.2) is 0 Å². The van der Waals surface area contributed by atoms with Crippen LogP contribution in [0.15, 0.2) is 54.9 Å². The second kappa shape index (κ2) is 8.57. The number of benzene rings is 1. The van der Waals surface area contributed by atoms with Gasteiger partial charge in [-0.15, -0.1) is 0 Å². The van der Waals surface area contributed by atoms with Crippen LogP contribution in [0.4, 0.5) is 0 Å². The zero-order chi connectivity index (χ0) is 16.6. The van der Waals surface area contributed by atoms with Gasteiger partial charge < -0.3 is 9.64 Å². The summed E-state index contributed by atoms with van der Waals surface area (Å²) in [5.41, 5.74) is 2.30. The molecule has 1 saturated heterocycles. The van der Waals surface area contributed by atoms with Crippen molar-refractivity contribution in [2.75, 3.05) is 32.8 Å². The van der Waals surface area contributed by atoms with Gasteiger partial charge in [-0.3, -0.25) is 14.7 Å². The molecule has 1 fully saturated rings. The molecule has 3 rings (SSSR count). The number of pyridine rings is 1. The molecule has 5 nitrogen and oxygen atoms in total. The third-order valence-electron chi connectivity index (χ3n) is 4.19. The van der Waals surface area contributed by atoms with Crippen LogP contribution in [0.1, 0.15) is 11.1 Å². The number of ether oxygens (including phenoxy) is 1. The summed E-state index contributed by atoms with van der Waals surface area (Å²) in [6, 6.07) is 14.0. The highest BCUT2D eigenvalue weighted by Gasteiger charge is 2.21. The number of hydrogen-bond acceptors (Lipinski definition) is 4. The highest BCUT2D eigenvalue weighted by Crippen LogP contribution is 2.08. The van der Waals surface area contributed by atoms with E-state index in [0.717, 1.165) is 38.3 Å². The molecule has 5 heteroatoms. The van der Waals surface area contributed by atoms with Crippen LogP contribution in [0, 0.1) is 0 Å². The van der Waals surface area contributed by atoms with Crippen molar-refractivity contribution in [3.63, 3.8) is 0 Å². The molecular formula is C19H23N3O2. The van der Waals surface area contributed by atoms with Crippen LogP contribution >= 0.6 is 0 Å². The summed E-state index contributed by atoms with van der Waals surface area (Å²) in [6.45, 7) is 4.81. The molecule has 0 spiro atoms. The Morgan fingerprint density at radius 1 is 1.00 bits per heavy atom. The summed E-state index contributed by atoms with van der Waals surface area (Å²) in [7, 11) is 0. The molecule has 1 aromatic carbocycles. The Kier molecular flexibility index (Phi) is 5.93. The molecule has 126 valence electrons. The van der Waals surface area contributed by atoms with Gasteiger partial charge in [-0.2, -0.15) is 0 Å². The van der Waals surface area contributed by atoms with E-state index in [1.807, 2.05) is 47.5 Å². The number of carbonyl (C=O) groups excluding carboxylic acids is 1. The van der Waals surface area contributed by atoms with E-state index in [0.29, 0.717) is 6.61 Å². The number of hydrogen-bond donors (Lipinski definition) is 0. The number of rotatable bonds is 6. The van der Waals surface area contributed by atoms with E-state index < -0.39 is 0 Å². The van der Waals surface area contributed by atoms with Gasteiger partial charge in [0, 0.05) is 45.1 Å². The summed E-state index contributed by atoms with van der Waals surface area (Å²) in [5.74, 6) is 0.0759. The minimum absolute atomic E-state index is 0.0759. The van der Waals surface area contributed by atoms with Crippen LogP contribution in [0.2, 0.25) is 0 Å². The average Bonchev–Trinajstić information content (AvgIpc) is 2.64. The van der Waals surface area contributed by atoms with E-state index >= 15 is 0 Å². The standard InChI is InChI=1S/C19H23N3O2/c23-19(16-24-15-17-5-2-1-3-6-17)22-11-9-21(10-12-22)14-18-7-4-8-20-13-18/h1-8,13H,9-12,14-16H2. The molecule has 0 bridgehead atoms. The van der Waals surface area contributed by atoms with Gasteiger partial charge in [-0.05, 0) is 17.2 Å². The second-order valence-electron chi connectivity index (χ2n) is 6.00. The maximum absolute atomic E-state index is 12.2. The summed E-state index contributed by atoms with van der Waals surface area (Å²) in [5, 5.41) is 0. The van der Waals surface area contributed by atoms with Gasteiger partial charge in [0.05, 0.1) is 6.61 Å². The lowest BCUT2D eigenvalue weighted by atomic mass is 10.2. The van der Waals surface area contributed by atoms with Gasteiger partial charge in [-0.1, -0.05) is 36.4 Å². The van der Waals surface area contributed by atoms with Crippen molar-refractivity contribution in [2.45, 2.75) is 13.2 Å². The monoisotopic (exact) mass is 325 g/mol. The summed E-state index contributed by atoms with van der Waals surface area (Å²) < 4.78 is 5.54. The van der Waals surface area contributed by atoms with Crippen LogP contribution in [-0.4, -0.2) is 53.5 Å². The Morgan fingerprint density at radius 3 is 2.46 bits per heavy atom. The van der Waals surface area contributed by atoms with Crippen LogP contribution in [0.3, 0.4) is 0 Å². The van der Waals surface area contributed by atoms with Crippen molar-refractivity contribution in [2.24, 2.45) is 0 Å². The van der Waals surface area contributed by atoms with E-state index in [4.69, 9.17) is 4.74 Å². The van der Waals surface area contributed by atoms with Crippen molar-refractivity contribution >= 4 is 5.91 Å². The van der Waals surface area contributed by atoms with Crippen molar-refractivity contribution in [1.29, 1.82) is 0 Å². The number of piperazine rings is 1. The van der Waals surface area contributed by atoms with Gasteiger partial charge in [0.15, 0.2) is 0 Å². The number of carbonyl (C=O) groups is 1. The average molecular weight is 325 g/mol. The maximum atomic E-state index is 12.2. The fourth-order valence-electron chi connectivity index (χ4n) is 2.83. The first-order valence-electron chi connectivity index (χ1n) is 8.32. The fraction of sp³-hybridized carbons (Fsp3) is 0.368. The third-order valence-corrected chi connectivity index (χ3v) is 4.19. The molecule has 0 saturated carbocycles. The van der Waals surface area contributed by atoms with Crippen molar-refractivity contribution in [3.05, 3.63) is 66.0 Å². The normalized spacial score (nSPS) is 15.4. The van der Waals surface area contributed by atoms with Gasteiger partial charge in [0.25, 0.3) is 0 Å². The smallest absolute Gasteiger partial charge is 0.248 e. The first kappa shape index (κ1) is 16.6. The van der Waals surface area contributed by atoms with Crippen LogP contribution < -0.4 is 0 Å². The molecular weight excluding hydrogens is 302 g/mol. The Bertz CT molecular complexity index is 626. The SMILES string of the molecule is O=C(COCc1ccccc1)N1CCN(Cc2cccnc2)CC1.